The minimum atomic E-state index is -5.72. The summed E-state index contributed by atoms with van der Waals surface area (Å²) in [6.07, 6.45) is 13.5. The van der Waals surface area contributed by atoms with Crippen molar-refractivity contribution in [2.24, 2.45) is 0 Å². The Hall–Kier alpha value is -8.42. The van der Waals surface area contributed by atoms with E-state index in [4.69, 9.17) is 15.9 Å². The van der Waals surface area contributed by atoms with E-state index in [0.717, 1.165) is 87.4 Å². The van der Waals surface area contributed by atoms with Crippen molar-refractivity contribution in [1.82, 2.24) is 0 Å². The van der Waals surface area contributed by atoms with Gasteiger partial charge in [0, 0.05) is 79.3 Å². The molecule has 0 N–H and O–H groups in total. The van der Waals surface area contributed by atoms with Gasteiger partial charge in [-0.25, -0.2) is 0 Å². The molecule has 0 aliphatic carbocycles. The number of alkyl halides is 3. The number of fused-ring (bicyclic) bond motifs is 6. The summed E-state index contributed by atoms with van der Waals surface area (Å²) in [4.78, 5) is 0. The number of terminal acetylenes is 1. The van der Waals surface area contributed by atoms with Gasteiger partial charge in [-0.1, -0.05) is 143 Å². The molecule has 82 heavy (non-hydrogen) atoms. The molecule has 414 valence electrons. The Balaban J connectivity index is 0.000000176. The minimum absolute atomic E-state index is 0.284. The average molecular weight is 1150 g/mol. The van der Waals surface area contributed by atoms with Crippen molar-refractivity contribution < 1.29 is 35.2 Å². The SMILES string of the molecule is C#Cc1ccc(OCCCCC)cc1.CCCCCOc1ccc(C#Cc2ccc(C#Cc3ccc4c(c3)sc3ccccc34)cc2CC)cc1.CCc1cc(C#Cc2ccc3c(c2)sc2ccccc23)ccc1OS(=O)(=O)C(F)(F)F. The monoisotopic (exact) mass is 1150 g/mol. The highest BCUT2D eigenvalue weighted by Crippen LogP contribution is 2.36. The van der Waals surface area contributed by atoms with Crippen LogP contribution in [0.5, 0.6) is 17.2 Å². The van der Waals surface area contributed by atoms with Crippen molar-refractivity contribution in [3.05, 3.63) is 220 Å². The predicted octanol–water partition coefficient (Wildman–Crippen LogP) is 18.5. The number of hydrogen-bond donors (Lipinski definition) is 0. The van der Waals surface area contributed by atoms with Crippen LogP contribution in [0, 0.1) is 47.9 Å². The van der Waals surface area contributed by atoms with Crippen LogP contribution in [0.1, 0.15) is 116 Å². The van der Waals surface area contributed by atoms with E-state index in [0.29, 0.717) is 11.1 Å². The summed E-state index contributed by atoms with van der Waals surface area (Å²) in [5, 5.41) is 4.97. The molecule has 5 nitrogen and oxygen atoms in total. The van der Waals surface area contributed by atoms with Crippen molar-refractivity contribution in [3.63, 3.8) is 0 Å². The zero-order valence-corrected chi connectivity index (χ0v) is 48.7. The average Bonchev–Trinajstić information content (AvgIpc) is 4.30. The number of unbranched alkanes of at least 4 members (excludes halogenated alkanes) is 4. The summed E-state index contributed by atoms with van der Waals surface area (Å²) in [5.41, 5.74) is 2.40. The fraction of sp³-hybridized carbons (Fsp3) is 0.211. The molecular weight excluding hydrogens is 1090 g/mol. The van der Waals surface area contributed by atoms with Crippen molar-refractivity contribution in [2.45, 2.75) is 84.6 Å². The quantitative estimate of drug-likeness (QED) is 0.0470. The molecule has 0 bridgehead atoms. The highest BCUT2D eigenvalue weighted by molar-refractivity contribution is 7.88. The first-order chi connectivity index (χ1) is 39.8. The summed E-state index contributed by atoms with van der Waals surface area (Å²) >= 11 is 3.50. The lowest BCUT2D eigenvalue weighted by atomic mass is 10.0. The van der Waals surface area contributed by atoms with Gasteiger partial charge in [0.15, 0.2) is 0 Å². The Morgan fingerprint density at radius 3 is 1.34 bits per heavy atom. The van der Waals surface area contributed by atoms with Gasteiger partial charge < -0.3 is 13.7 Å². The summed E-state index contributed by atoms with van der Waals surface area (Å²) in [7, 11) is -5.72. The molecule has 8 aromatic carbocycles. The largest absolute Gasteiger partial charge is 0.534 e. The maximum Gasteiger partial charge on any atom is 0.534 e. The Bertz CT molecular complexity index is 4170. The van der Waals surface area contributed by atoms with Gasteiger partial charge in [0.1, 0.15) is 17.2 Å². The van der Waals surface area contributed by atoms with E-state index in [-0.39, 0.29) is 12.2 Å². The van der Waals surface area contributed by atoms with Gasteiger partial charge >= 0.3 is 15.6 Å². The summed E-state index contributed by atoms with van der Waals surface area (Å²) < 4.78 is 80.9. The third-order valence-electron chi connectivity index (χ3n) is 13.1. The van der Waals surface area contributed by atoms with Crippen molar-refractivity contribution in [3.8, 4) is 65.1 Å². The Labute approximate surface area is 488 Å². The molecule has 0 saturated heterocycles. The van der Waals surface area contributed by atoms with E-state index >= 15 is 0 Å². The van der Waals surface area contributed by atoms with E-state index in [2.05, 4.69) is 139 Å². The lowest BCUT2D eigenvalue weighted by Gasteiger charge is -2.12. The second kappa shape index (κ2) is 28.8. The molecule has 0 amide bonds. The lowest BCUT2D eigenvalue weighted by molar-refractivity contribution is -0.0500. The number of rotatable bonds is 14. The number of ether oxygens (including phenoxy) is 2. The predicted molar refractivity (Wildman–Crippen MR) is 335 cm³/mol. The molecular formula is C71H61F3O5S3. The fourth-order valence-corrected chi connectivity index (χ4v) is 11.5. The first kappa shape index (κ1) is 59.7. The summed E-state index contributed by atoms with van der Waals surface area (Å²) in [5.74, 6) is 23.5. The lowest BCUT2D eigenvalue weighted by Crippen LogP contribution is -2.28. The van der Waals surface area contributed by atoms with Gasteiger partial charge in [-0.05, 0) is 158 Å². The molecule has 0 saturated carbocycles. The summed E-state index contributed by atoms with van der Waals surface area (Å²) in [6.45, 7) is 9.80. The molecule has 0 radical (unpaired) electrons. The second-order valence-corrected chi connectivity index (χ2v) is 22.8. The van der Waals surface area contributed by atoms with Gasteiger partial charge in [0.2, 0.25) is 0 Å². The standard InChI is InChI=1S/C35H30OS.C23H15F3O3S2.C13H16O/c1-3-5-8-23-36-31-20-15-26(16-21-31)13-18-30-19-14-27(24-29(30)4-2)11-12-28-17-22-33-32-9-6-7-10-34(32)37-35(33)25-28;1-2-17-13-15(10-12-20(17)29-31(27,28)23(24,25)26)7-8-16-9-11-19-18-5-3-4-6-21(18)30-22(19)14-16;1-3-5-6-11-14-13-9-7-12(4-2)8-10-13/h6-7,9-10,14-17,19-22,24-25H,3-5,8,23H2,1-2H3;3-6,9-14H,2H2,1H3;2,7-10H,3,5-6,11H2,1H3. The van der Waals surface area contributed by atoms with E-state index in [1.54, 1.807) is 18.3 Å². The summed E-state index contributed by atoms with van der Waals surface area (Å²) in [6, 6.07) is 55.4. The molecule has 10 aromatic rings. The molecule has 2 aromatic heterocycles. The number of halogens is 3. The Kier molecular flexibility index (Phi) is 21.0. The number of thiophene rings is 2. The van der Waals surface area contributed by atoms with E-state index in [1.807, 2.05) is 90.2 Å². The van der Waals surface area contributed by atoms with Gasteiger partial charge in [0.25, 0.3) is 0 Å². The van der Waals surface area contributed by atoms with Crippen LogP contribution in [-0.2, 0) is 23.0 Å². The van der Waals surface area contributed by atoms with Gasteiger partial charge in [-0.3, -0.25) is 0 Å². The van der Waals surface area contributed by atoms with Gasteiger partial charge in [0.05, 0.1) is 13.2 Å². The molecule has 0 aliphatic rings. The molecule has 2 heterocycles. The topological polar surface area (TPSA) is 61.8 Å². The van der Waals surface area contributed by atoms with E-state index < -0.39 is 15.6 Å². The number of aryl methyl sites for hydroxylation is 2. The highest BCUT2D eigenvalue weighted by atomic mass is 32.2. The fourth-order valence-electron chi connectivity index (χ4n) is 8.67. The smallest absolute Gasteiger partial charge is 0.494 e. The van der Waals surface area contributed by atoms with Crippen LogP contribution in [0.3, 0.4) is 0 Å². The molecule has 0 fully saturated rings. The van der Waals surface area contributed by atoms with E-state index in [1.165, 1.54) is 79.7 Å². The molecule has 10 rings (SSSR count). The molecule has 0 aliphatic heterocycles. The van der Waals surface area contributed by atoms with Crippen molar-refractivity contribution >= 4 is 73.1 Å². The number of hydrogen-bond acceptors (Lipinski definition) is 7. The van der Waals surface area contributed by atoms with Crippen molar-refractivity contribution in [1.29, 1.82) is 0 Å². The molecule has 0 unspecified atom stereocenters. The molecule has 0 spiro atoms. The van der Waals surface area contributed by atoms with E-state index in [9.17, 15) is 21.6 Å². The zero-order chi connectivity index (χ0) is 57.9. The zero-order valence-electron chi connectivity index (χ0n) is 46.2. The normalized spacial score (nSPS) is 10.9. The van der Waals surface area contributed by atoms with Crippen LogP contribution < -0.4 is 13.7 Å². The Morgan fingerprint density at radius 1 is 0.451 bits per heavy atom. The van der Waals surface area contributed by atoms with Gasteiger partial charge in [-0.15, -0.1) is 29.1 Å². The molecule has 11 heteroatoms. The van der Waals surface area contributed by atoms with Crippen LogP contribution in [0.15, 0.2) is 170 Å². The van der Waals surface area contributed by atoms with Crippen LogP contribution in [-0.4, -0.2) is 27.1 Å². The first-order valence-electron chi connectivity index (χ1n) is 27.4. The second-order valence-electron chi connectivity index (χ2n) is 19.1. The first-order valence-corrected chi connectivity index (χ1v) is 30.4. The van der Waals surface area contributed by atoms with Gasteiger partial charge in [-0.2, -0.15) is 21.6 Å². The van der Waals surface area contributed by atoms with Crippen LogP contribution >= 0.6 is 22.7 Å². The Morgan fingerprint density at radius 2 is 0.866 bits per heavy atom. The van der Waals surface area contributed by atoms with Crippen LogP contribution in [0.2, 0.25) is 0 Å². The maximum absolute atomic E-state index is 12.6. The highest BCUT2D eigenvalue weighted by Gasteiger charge is 2.48. The maximum atomic E-state index is 12.6. The molecule has 0 atom stereocenters. The third-order valence-corrected chi connectivity index (χ3v) is 16.4. The van der Waals surface area contributed by atoms with Crippen LogP contribution in [0.25, 0.3) is 40.3 Å². The minimum Gasteiger partial charge on any atom is -0.494 e. The third kappa shape index (κ3) is 16.2. The van der Waals surface area contributed by atoms with Crippen LogP contribution in [0.4, 0.5) is 13.2 Å². The van der Waals surface area contributed by atoms with Crippen molar-refractivity contribution in [2.75, 3.05) is 13.2 Å². The number of benzene rings is 8.